The molecule has 0 saturated heterocycles. The molecular formula is C17H19N3OS. The zero-order valence-corrected chi connectivity index (χ0v) is 13.8. The number of benzene rings is 1. The van der Waals surface area contributed by atoms with Crippen LogP contribution in [0.3, 0.4) is 0 Å². The number of aromatic nitrogens is 2. The number of thiophene rings is 1. The van der Waals surface area contributed by atoms with Gasteiger partial charge in [-0.15, -0.1) is 11.3 Å². The third kappa shape index (κ3) is 2.96. The molecular weight excluding hydrogens is 294 g/mol. The number of nitrogens with zero attached hydrogens (tertiary/aromatic N) is 2. The quantitative estimate of drug-likeness (QED) is 0.802. The molecule has 1 unspecified atom stereocenters. The molecule has 22 heavy (non-hydrogen) atoms. The van der Waals surface area contributed by atoms with Crippen LogP contribution in [0.15, 0.2) is 40.5 Å². The van der Waals surface area contributed by atoms with Gasteiger partial charge in [0.15, 0.2) is 0 Å². The lowest BCUT2D eigenvalue weighted by atomic mass is 10.1. The Balaban J connectivity index is 1.81. The van der Waals surface area contributed by atoms with Crippen molar-refractivity contribution in [2.45, 2.75) is 26.4 Å². The Morgan fingerprint density at radius 1 is 1.27 bits per heavy atom. The smallest absolute Gasteiger partial charge is 0.268 e. The van der Waals surface area contributed by atoms with Gasteiger partial charge in [0.1, 0.15) is 10.5 Å². The largest absolute Gasteiger partial charge is 0.308 e. The molecule has 5 heteroatoms. The van der Waals surface area contributed by atoms with Crippen molar-refractivity contribution in [2.24, 2.45) is 0 Å². The molecule has 1 N–H and O–H groups in total. The normalized spacial score (nSPS) is 12.9. The highest BCUT2D eigenvalue weighted by molar-refractivity contribution is 7.17. The van der Waals surface area contributed by atoms with E-state index in [0.29, 0.717) is 17.1 Å². The molecule has 1 aromatic carbocycles. The number of aromatic amines is 1. The van der Waals surface area contributed by atoms with Crippen LogP contribution in [0.1, 0.15) is 29.9 Å². The lowest BCUT2D eigenvalue weighted by Crippen LogP contribution is -2.24. The first-order valence-electron chi connectivity index (χ1n) is 7.28. The van der Waals surface area contributed by atoms with E-state index in [0.717, 1.165) is 5.52 Å². The molecule has 0 fully saturated rings. The summed E-state index contributed by atoms with van der Waals surface area (Å²) in [5.41, 5.74) is 3.24. The van der Waals surface area contributed by atoms with Crippen LogP contribution in [0.4, 0.5) is 0 Å². The summed E-state index contributed by atoms with van der Waals surface area (Å²) in [7, 11) is 2.04. The first kappa shape index (κ1) is 14.9. The van der Waals surface area contributed by atoms with Crippen LogP contribution in [0, 0.1) is 6.92 Å². The van der Waals surface area contributed by atoms with E-state index in [1.807, 2.05) is 18.5 Å². The van der Waals surface area contributed by atoms with Crippen molar-refractivity contribution >= 4 is 21.6 Å². The van der Waals surface area contributed by atoms with Crippen LogP contribution in [-0.4, -0.2) is 21.9 Å². The van der Waals surface area contributed by atoms with Crippen LogP contribution < -0.4 is 5.56 Å². The highest BCUT2D eigenvalue weighted by Crippen LogP contribution is 2.21. The van der Waals surface area contributed by atoms with Gasteiger partial charge in [-0.05, 0) is 37.9 Å². The monoisotopic (exact) mass is 313 g/mol. The summed E-state index contributed by atoms with van der Waals surface area (Å²) >= 11 is 1.43. The minimum Gasteiger partial charge on any atom is -0.308 e. The van der Waals surface area contributed by atoms with Gasteiger partial charge in [0.2, 0.25) is 0 Å². The van der Waals surface area contributed by atoms with E-state index in [4.69, 9.17) is 0 Å². The van der Waals surface area contributed by atoms with Crippen LogP contribution in [0.2, 0.25) is 0 Å². The number of aryl methyl sites for hydroxylation is 1. The van der Waals surface area contributed by atoms with E-state index < -0.39 is 0 Å². The SMILES string of the molecule is Cc1ccc(C(C)N(C)Cc2nc3ccsc3c(=O)[nH]2)cc1. The molecule has 3 aromatic rings. The average molecular weight is 313 g/mol. The average Bonchev–Trinajstić information content (AvgIpc) is 2.96. The van der Waals surface area contributed by atoms with Crippen molar-refractivity contribution in [2.75, 3.05) is 7.05 Å². The van der Waals surface area contributed by atoms with Crippen molar-refractivity contribution in [1.29, 1.82) is 0 Å². The molecule has 0 radical (unpaired) electrons. The van der Waals surface area contributed by atoms with Crippen LogP contribution in [-0.2, 0) is 6.54 Å². The van der Waals surface area contributed by atoms with Crippen LogP contribution in [0.5, 0.6) is 0 Å². The van der Waals surface area contributed by atoms with Crippen molar-refractivity contribution in [1.82, 2.24) is 14.9 Å². The topological polar surface area (TPSA) is 49.0 Å². The third-order valence-corrected chi connectivity index (χ3v) is 4.89. The zero-order chi connectivity index (χ0) is 15.7. The van der Waals surface area contributed by atoms with Crippen molar-refractivity contribution in [3.63, 3.8) is 0 Å². The molecule has 0 spiro atoms. The maximum Gasteiger partial charge on any atom is 0.268 e. The molecule has 114 valence electrons. The molecule has 2 aromatic heterocycles. The predicted octanol–water partition coefficient (Wildman–Crippen LogP) is 3.49. The summed E-state index contributed by atoms with van der Waals surface area (Å²) in [6.45, 7) is 4.85. The standard InChI is InChI=1S/C17H19N3OS/c1-11-4-6-13(7-5-11)12(2)20(3)10-15-18-14-8-9-22-16(14)17(21)19-15/h4-9,12H,10H2,1-3H3,(H,18,19,21). The molecule has 0 saturated carbocycles. The Hall–Kier alpha value is -1.98. The van der Waals surface area contributed by atoms with Crippen molar-refractivity contribution < 1.29 is 0 Å². The molecule has 0 amide bonds. The van der Waals surface area contributed by atoms with E-state index in [9.17, 15) is 4.79 Å². The lowest BCUT2D eigenvalue weighted by molar-refractivity contribution is 0.247. The van der Waals surface area contributed by atoms with Gasteiger partial charge in [0, 0.05) is 6.04 Å². The second-order valence-corrected chi connectivity index (χ2v) is 6.57. The van der Waals surface area contributed by atoms with Crippen molar-refractivity contribution in [3.8, 4) is 0 Å². The second kappa shape index (κ2) is 6.02. The summed E-state index contributed by atoms with van der Waals surface area (Å²) < 4.78 is 0.693. The summed E-state index contributed by atoms with van der Waals surface area (Å²) in [5, 5.41) is 1.90. The van der Waals surface area contributed by atoms with Gasteiger partial charge in [0.25, 0.3) is 5.56 Å². The minimum absolute atomic E-state index is 0.0496. The summed E-state index contributed by atoms with van der Waals surface area (Å²) in [5.74, 6) is 0.706. The second-order valence-electron chi connectivity index (χ2n) is 5.65. The number of nitrogens with one attached hydrogen (secondary N) is 1. The molecule has 3 rings (SSSR count). The van der Waals surface area contributed by atoms with Gasteiger partial charge in [-0.1, -0.05) is 29.8 Å². The zero-order valence-electron chi connectivity index (χ0n) is 13.0. The number of rotatable bonds is 4. The van der Waals surface area contributed by atoms with E-state index in [2.05, 4.69) is 53.0 Å². The Kier molecular flexibility index (Phi) is 4.09. The molecule has 1 atom stereocenters. The molecule has 0 aliphatic carbocycles. The number of hydrogen-bond donors (Lipinski definition) is 1. The maximum atomic E-state index is 12.0. The third-order valence-electron chi connectivity index (χ3n) is 3.98. The summed E-state index contributed by atoms with van der Waals surface area (Å²) in [4.78, 5) is 21.6. The fourth-order valence-corrected chi connectivity index (χ4v) is 3.19. The van der Waals surface area contributed by atoms with Gasteiger partial charge < -0.3 is 4.98 Å². The number of H-pyrrole nitrogens is 1. The Labute approximate surface area is 133 Å². The number of fused-ring (bicyclic) bond motifs is 1. The Morgan fingerprint density at radius 3 is 2.73 bits per heavy atom. The Bertz CT molecular complexity index is 835. The van der Waals surface area contributed by atoms with Gasteiger partial charge >= 0.3 is 0 Å². The number of hydrogen-bond acceptors (Lipinski definition) is 4. The van der Waals surface area contributed by atoms with Gasteiger partial charge in [-0.2, -0.15) is 0 Å². The molecule has 2 heterocycles. The first-order valence-corrected chi connectivity index (χ1v) is 8.16. The van der Waals surface area contributed by atoms with Gasteiger partial charge in [-0.3, -0.25) is 9.69 Å². The summed E-state index contributed by atoms with van der Waals surface area (Å²) in [6.07, 6.45) is 0. The van der Waals surface area contributed by atoms with Gasteiger partial charge in [-0.25, -0.2) is 4.98 Å². The summed E-state index contributed by atoms with van der Waals surface area (Å²) in [6, 6.07) is 10.7. The molecule has 0 bridgehead atoms. The van der Waals surface area contributed by atoms with E-state index in [1.54, 1.807) is 0 Å². The maximum absolute atomic E-state index is 12.0. The van der Waals surface area contributed by atoms with Crippen LogP contribution in [0.25, 0.3) is 10.2 Å². The predicted molar refractivity (Wildman–Crippen MR) is 91.3 cm³/mol. The highest BCUT2D eigenvalue weighted by Gasteiger charge is 2.14. The van der Waals surface area contributed by atoms with E-state index in [-0.39, 0.29) is 11.6 Å². The van der Waals surface area contributed by atoms with E-state index in [1.165, 1.54) is 22.5 Å². The fraction of sp³-hybridized carbons (Fsp3) is 0.294. The van der Waals surface area contributed by atoms with Crippen molar-refractivity contribution in [3.05, 3.63) is 63.0 Å². The van der Waals surface area contributed by atoms with Gasteiger partial charge in [0.05, 0.1) is 12.1 Å². The lowest BCUT2D eigenvalue weighted by Gasteiger charge is -2.24. The fourth-order valence-electron chi connectivity index (χ4n) is 2.47. The highest BCUT2D eigenvalue weighted by atomic mass is 32.1. The van der Waals surface area contributed by atoms with Crippen LogP contribution >= 0.6 is 11.3 Å². The molecule has 0 aliphatic heterocycles. The Morgan fingerprint density at radius 2 is 2.00 bits per heavy atom. The minimum atomic E-state index is -0.0496. The van der Waals surface area contributed by atoms with E-state index >= 15 is 0 Å². The molecule has 0 aliphatic rings. The molecule has 4 nitrogen and oxygen atoms in total. The first-order chi connectivity index (χ1) is 10.5.